The number of hydrogen-bond donors (Lipinski definition) is 4. The van der Waals surface area contributed by atoms with Crippen molar-refractivity contribution in [1.29, 1.82) is 0 Å². The van der Waals surface area contributed by atoms with Crippen molar-refractivity contribution in [2.24, 2.45) is 5.73 Å². The Morgan fingerprint density at radius 2 is 1.59 bits per heavy atom. The van der Waals surface area contributed by atoms with Crippen LogP contribution in [-0.2, 0) is 0 Å². The van der Waals surface area contributed by atoms with Crippen LogP contribution in [0.5, 0.6) is 5.75 Å². The highest BCUT2D eigenvalue weighted by molar-refractivity contribution is 6.11. The third-order valence-corrected chi connectivity index (χ3v) is 4.92. The third kappa shape index (κ3) is 5.99. The van der Waals surface area contributed by atoms with Crippen molar-refractivity contribution in [2.75, 3.05) is 13.1 Å². The van der Waals surface area contributed by atoms with E-state index in [4.69, 9.17) is 5.73 Å². The number of aromatic hydroxyl groups is 1. The first-order valence-electron chi connectivity index (χ1n) is 10.1. The van der Waals surface area contributed by atoms with Gasteiger partial charge < -0.3 is 21.5 Å². The lowest BCUT2D eigenvalue weighted by Gasteiger charge is -2.10. The Balaban J connectivity index is 0.000000186. The van der Waals surface area contributed by atoms with Gasteiger partial charge in [0.25, 0.3) is 5.91 Å². The molecule has 4 rings (SSSR count). The van der Waals surface area contributed by atoms with Crippen molar-refractivity contribution in [3.63, 3.8) is 0 Å². The summed E-state index contributed by atoms with van der Waals surface area (Å²) in [6.07, 6.45) is 4.26. The molecule has 3 aromatic rings. The van der Waals surface area contributed by atoms with Crippen molar-refractivity contribution in [2.45, 2.75) is 12.5 Å². The second-order valence-corrected chi connectivity index (χ2v) is 7.19. The average molecular weight is 432 g/mol. The predicted molar refractivity (Wildman–Crippen MR) is 119 cm³/mol. The first kappa shape index (κ1) is 22.6. The minimum Gasteiger partial charge on any atom is -0.507 e. The number of amides is 2. The van der Waals surface area contributed by atoms with Gasteiger partial charge in [0.2, 0.25) is 5.91 Å². The largest absolute Gasteiger partial charge is 0.507 e. The van der Waals surface area contributed by atoms with Crippen LogP contribution in [0.4, 0.5) is 0 Å². The van der Waals surface area contributed by atoms with Crippen LogP contribution >= 0.6 is 0 Å². The maximum Gasteiger partial charge on any atom is 0.251 e. The average Bonchev–Trinajstić information content (AvgIpc) is 3.33. The van der Waals surface area contributed by atoms with Crippen LogP contribution in [0, 0.1) is 0 Å². The molecule has 2 heterocycles. The number of benzene rings is 2. The topological polar surface area (TPSA) is 134 Å². The Bertz CT molecular complexity index is 1080. The summed E-state index contributed by atoms with van der Waals surface area (Å²) in [5.74, 6) is -0.928. The Hall–Kier alpha value is -4.04. The minimum atomic E-state index is -0.545. The number of carbonyl (C=O) groups excluding carboxylic acids is 3. The van der Waals surface area contributed by atoms with Gasteiger partial charge in [0.15, 0.2) is 5.78 Å². The number of phenols is 1. The molecule has 0 bridgehead atoms. The van der Waals surface area contributed by atoms with Crippen LogP contribution in [0.3, 0.4) is 0 Å². The maximum absolute atomic E-state index is 12.1. The Labute approximate surface area is 185 Å². The van der Waals surface area contributed by atoms with E-state index in [1.54, 1.807) is 42.7 Å². The van der Waals surface area contributed by atoms with Gasteiger partial charge in [-0.25, -0.2) is 0 Å². The zero-order chi connectivity index (χ0) is 22.9. The zero-order valence-electron chi connectivity index (χ0n) is 17.3. The molecule has 8 heteroatoms. The first-order valence-corrected chi connectivity index (χ1v) is 10.1. The number of nitrogens with two attached hydrogens (primary N) is 1. The van der Waals surface area contributed by atoms with Gasteiger partial charge in [-0.3, -0.25) is 19.4 Å². The molecule has 1 aliphatic heterocycles. The smallest absolute Gasteiger partial charge is 0.251 e. The van der Waals surface area contributed by atoms with Gasteiger partial charge in [0.1, 0.15) is 5.75 Å². The number of ketones is 1. The molecule has 0 aliphatic carbocycles. The number of phenolic OH excluding ortho intramolecular Hbond substituents is 1. The number of aromatic nitrogens is 1. The van der Waals surface area contributed by atoms with E-state index in [0.29, 0.717) is 16.7 Å². The van der Waals surface area contributed by atoms with E-state index in [9.17, 15) is 19.5 Å². The molecule has 1 unspecified atom stereocenters. The molecule has 1 saturated heterocycles. The highest BCUT2D eigenvalue weighted by atomic mass is 16.3. The molecule has 5 N–H and O–H groups in total. The van der Waals surface area contributed by atoms with Crippen molar-refractivity contribution in [3.05, 3.63) is 95.3 Å². The van der Waals surface area contributed by atoms with Crippen molar-refractivity contribution < 1.29 is 19.5 Å². The summed E-state index contributed by atoms with van der Waals surface area (Å²) < 4.78 is 0. The van der Waals surface area contributed by atoms with Crippen LogP contribution in [0.2, 0.25) is 0 Å². The summed E-state index contributed by atoms with van der Waals surface area (Å²) in [5, 5.41) is 15.8. The van der Waals surface area contributed by atoms with E-state index < -0.39 is 5.91 Å². The fourth-order valence-corrected chi connectivity index (χ4v) is 3.16. The van der Waals surface area contributed by atoms with E-state index in [1.165, 1.54) is 30.3 Å². The molecule has 32 heavy (non-hydrogen) atoms. The van der Waals surface area contributed by atoms with Crippen molar-refractivity contribution in [3.8, 4) is 5.75 Å². The zero-order valence-corrected chi connectivity index (χ0v) is 17.3. The van der Waals surface area contributed by atoms with E-state index >= 15 is 0 Å². The molecule has 8 nitrogen and oxygen atoms in total. The van der Waals surface area contributed by atoms with Crippen LogP contribution in [0.1, 0.15) is 43.1 Å². The number of nitrogens with one attached hydrogen (secondary N) is 2. The van der Waals surface area contributed by atoms with E-state index in [2.05, 4.69) is 15.6 Å². The van der Waals surface area contributed by atoms with Crippen LogP contribution in [0.15, 0.2) is 73.1 Å². The normalized spacial score (nSPS) is 14.7. The number of primary amides is 1. The second-order valence-electron chi connectivity index (χ2n) is 7.19. The molecule has 1 fully saturated rings. The van der Waals surface area contributed by atoms with Gasteiger partial charge in [0.05, 0.1) is 5.56 Å². The summed E-state index contributed by atoms with van der Waals surface area (Å²) in [6, 6.07) is 16.0. The minimum absolute atomic E-state index is 0.0129. The Kier molecular flexibility index (Phi) is 7.66. The quantitative estimate of drug-likeness (QED) is 0.455. The monoisotopic (exact) mass is 432 g/mol. The lowest BCUT2D eigenvalue weighted by molar-refractivity contribution is 0.0938. The van der Waals surface area contributed by atoms with E-state index in [0.717, 1.165) is 19.5 Å². The molecule has 1 atom stereocenters. The molecule has 0 radical (unpaired) electrons. The van der Waals surface area contributed by atoms with Crippen molar-refractivity contribution >= 4 is 17.6 Å². The molecule has 0 spiro atoms. The molecule has 0 saturated carbocycles. The molecule has 2 aromatic carbocycles. The van der Waals surface area contributed by atoms with Gasteiger partial charge in [-0.15, -0.1) is 0 Å². The van der Waals surface area contributed by atoms with Gasteiger partial charge in [0, 0.05) is 41.7 Å². The van der Waals surface area contributed by atoms with Gasteiger partial charge in [-0.05, 0) is 49.4 Å². The fraction of sp³-hybridized carbons (Fsp3) is 0.167. The molecule has 1 aliphatic rings. The molecular formula is C24H24N4O4. The van der Waals surface area contributed by atoms with Gasteiger partial charge in [-0.1, -0.05) is 24.3 Å². The lowest BCUT2D eigenvalue weighted by atomic mass is 10.0. The van der Waals surface area contributed by atoms with E-state index in [-0.39, 0.29) is 29.0 Å². The van der Waals surface area contributed by atoms with E-state index in [1.807, 2.05) is 0 Å². The Morgan fingerprint density at radius 3 is 2.19 bits per heavy atom. The summed E-state index contributed by atoms with van der Waals surface area (Å²) in [7, 11) is 0. The molecular weight excluding hydrogens is 408 g/mol. The van der Waals surface area contributed by atoms with Gasteiger partial charge >= 0.3 is 0 Å². The SMILES string of the molecule is NC(=O)c1ccc(C(=O)c2ccccc2O)cc1.O=C(NC1CCNC1)c1ccncc1. The molecule has 1 aromatic heterocycles. The van der Waals surface area contributed by atoms with Crippen LogP contribution in [0.25, 0.3) is 0 Å². The van der Waals surface area contributed by atoms with Crippen LogP contribution in [-0.4, -0.2) is 46.8 Å². The summed E-state index contributed by atoms with van der Waals surface area (Å²) >= 11 is 0. The molecule has 2 amide bonds. The van der Waals surface area contributed by atoms with Crippen LogP contribution < -0.4 is 16.4 Å². The number of nitrogens with zero attached hydrogens (tertiary/aromatic N) is 1. The lowest BCUT2D eigenvalue weighted by Crippen LogP contribution is -2.36. The number of rotatable bonds is 5. The Morgan fingerprint density at radius 1 is 0.938 bits per heavy atom. The predicted octanol–water partition coefficient (Wildman–Crippen LogP) is 1.90. The fourth-order valence-electron chi connectivity index (χ4n) is 3.16. The number of pyridine rings is 1. The standard InChI is InChI=1S/C14H11NO3.C10H13N3O/c15-14(18)10-7-5-9(6-8-10)13(17)11-3-1-2-4-12(11)16;14-10(8-1-4-11-5-2-8)13-9-3-6-12-7-9/h1-8,16H,(H2,15,18);1-2,4-5,9,12H,3,6-7H2,(H,13,14). The van der Waals surface area contributed by atoms with Gasteiger partial charge in [-0.2, -0.15) is 0 Å². The maximum atomic E-state index is 12.1. The second kappa shape index (κ2) is 10.8. The molecule has 164 valence electrons. The third-order valence-electron chi connectivity index (χ3n) is 4.92. The first-order chi connectivity index (χ1) is 15.5. The summed E-state index contributed by atoms with van der Waals surface area (Å²) in [6.45, 7) is 1.86. The number of para-hydroxylation sites is 1. The van der Waals surface area contributed by atoms with Crippen molar-refractivity contribution in [1.82, 2.24) is 15.6 Å². The summed E-state index contributed by atoms with van der Waals surface area (Å²) in [4.78, 5) is 38.5. The number of hydrogen-bond acceptors (Lipinski definition) is 6. The number of carbonyl (C=O) groups is 3. The summed E-state index contributed by atoms with van der Waals surface area (Å²) in [5.41, 5.74) is 6.74. The highest BCUT2D eigenvalue weighted by Gasteiger charge is 2.17. The highest BCUT2D eigenvalue weighted by Crippen LogP contribution is 2.20.